The number of nitrogens with one attached hydrogen (secondary N) is 3. The predicted molar refractivity (Wildman–Crippen MR) is 103 cm³/mol. The molecule has 1 rings (SSSR count). The van der Waals surface area contributed by atoms with Gasteiger partial charge in [-0.15, -0.1) is 0 Å². The van der Waals surface area contributed by atoms with Crippen molar-refractivity contribution in [1.82, 2.24) is 16.0 Å². The van der Waals surface area contributed by atoms with Gasteiger partial charge in [-0.3, -0.25) is 9.79 Å². The molecule has 0 fully saturated rings. The molecule has 0 saturated carbocycles. The highest BCUT2D eigenvalue weighted by atomic mass is 79.9. The number of carbonyl (C=O) groups is 1. The summed E-state index contributed by atoms with van der Waals surface area (Å²) in [6.45, 7) is 5.91. The van der Waals surface area contributed by atoms with Crippen LogP contribution in [-0.2, 0) is 14.6 Å². The molecule has 0 spiro atoms. The number of halogens is 1. The Morgan fingerprint density at radius 2 is 1.76 bits per heavy atom. The third kappa shape index (κ3) is 8.35. The quantitative estimate of drug-likeness (QED) is 0.464. The van der Waals surface area contributed by atoms with E-state index in [1.165, 1.54) is 0 Å². The lowest BCUT2D eigenvalue weighted by Crippen LogP contribution is -2.48. The van der Waals surface area contributed by atoms with Crippen molar-refractivity contribution in [2.75, 3.05) is 25.9 Å². The maximum Gasteiger partial charge on any atom is 0.239 e. The molecule has 3 N–H and O–H groups in total. The molecule has 1 amide bonds. The van der Waals surface area contributed by atoms with Gasteiger partial charge in [0.25, 0.3) is 0 Å². The third-order valence-electron chi connectivity index (χ3n) is 2.99. The summed E-state index contributed by atoms with van der Waals surface area (Å²) in [5.74, 6) is 0.122. The molecule has 1 aromatic carbocycles. The summed E-state index contributed by atoms with van der Waals surface area (Å²) in [7, 11) is -1.83. The Kier molecular flexibility index (Phi) is 7.88. The number of carbonyl (C=O) groups excluding carboxylic acids is 1. The number of nitrogens with zero attached hydrogens (tertiary/aromatic N) is 1. The molecule has 9 heteroatoms. The van der Waals surface area contributed by atoms with Crippen molar-refractivity contribution >= 4 is 37.6 Å². The van der Waals surface area contributed by atoms with E-state index in [2.05, 4.69) is 36.9 Å². The van der Waals surface area contributed by atoms with Crippen molar-refractivity contribution < 1.29 is 13.2 Å². The highest BCUT2D eigenvalue weighted by Gasteiger charge is 2.15. The van der Waals surface area contributed by atoms with Crippen LogP contribution >= 0.6 is 15.9 Å². The number of rotatable bonds is 6. The Morgan fingerprint density at radius 1 is 1.16 bits per heavy atom. The van der Waals surface area contributed by atoms with Gasteiger partial charge < -0.3 is 16.0 Å². The van der Waals surface area contributed by atoms with Gasteiger partial charge in [0.15, 0.2) is 15.8 Å². The van der Waals surface area contributed by atoms with Gasteiger partial charge >= 0.3 is 0 Å². The Labute approximate surface area is 157 Å². The van der Waals surface area contributed by atoms with Gasteiger partial charge in [-0.1, -0.05) is 15.9 Å². The Balaban J connectivity index is 2.47. The summed E-state index contributed by atoms with van der Waals surface area (Å²) in [6.07, 6.45) is 0. The Bertz CT molecular complexity index is 710. The van der Waals surface area contributed by atoms with Crippen LogP contribution in [-0.4, -0.2) is 51.7 Å². The van der Waals surface area contributed by atoms with Crippen LogP contribution in [0.2, 0.25) is 0 Å². The molecule has 25 heavy (non-hydrogen) atoms. The molecular formula is C16H25BrN4O3S. The zero-order valence-electron chi connectivity index (χ0n) is 14.9. The number of sulfone groups is 1. The van der Waals surface area contributed by atoms with Crippen LogP contribution in [0, 0.1) is 0 Å². The van der Waals surface area contributed by atoms with Crippen LogP contribution < -0.4 is 16.0 Å². The Morgan fingerprint density at radius 3 is 2.28 bits per heavy atom. The van der Waals surface area contributed by atoms with Crippen LogP contribution in [0.1, 0.15) is 20.8 Å². The minimum atomic E-state index is -3.38. The van der Waals surface area contributed by atoms with Crippen LogP contribution in [0.4, 0.5) is 0 Å². The molecule has 0 aliphatic rings. The lowest BCUT2D eigenvalue weighted by molar-refractivity contribution is -0.121. The van der Waals surface area contributed by atoms with Crippen LogP contribution in [0.15, 0.2) is 38.6 Å². The van der Waals surface area contributed by atoms with Crippen molar-refractivity contribution in [3.8, 4) is 0 Å². The van der Waals surface area contributed by atoms with Gasteiger partial charge in [0.05, 0.1) is 17.2 Å². The number of guanidine groups is 1. The molecular weight excluding hydrogens is 408 g/mol. The van der Waals surface area contributed by atoms with Crippen molar-refractivity contribution in [1.29, 1.82) is 0 Å². The first-order valence-electron chi connectivity index (χ1n) is 7.77. The second-order valence-electron chi connectivity index (χ2n) is 6.42. The van der Waals surface area contributed by atoms with E-state index in [9.17, 15) is 13.2 Å². The van der Waals surface area contributed by atoms with Crippen molar-refractivity contribution in [3.05, 3.63) is 28.7 Å². The van der Waals surface area contributed by atoms with Gasteiger partial charge in [-0.2, -0.15) is 0 Å². The average Bonchev–Trinajstić information content (AvgIpc) is 2.49. The minimum Gasteiger partial charge on any atom is -0.355 e. The first-order chi connectivity index (χ1) is 11.5. The van der Waals surface area contributed by atoms with Gasteiger partial charge in [-0.25, -0.2) is 8.42 Å². The number of hydrogen-bond acceptors (Lipinski definition) is 4. The summed E-state index contributed by atoms with van der Waals surface area (Å²) in [5.41, 5.74) is -0.311. The van der Waals surface area contributed by atoms with Gasteiger partial charge in [0, 0.05) is 23.6 Å². The second kappa shape index (κ2) is 9.19. The minimum absolute atomic E-state index is 0.0520. The molecule has 140 valence electrons. The number of hydrogen-bond donors (Lipinski definition) is 3. The fraction of sp³-hybridized carbons (Fsp3) is 0.500. The van der Waals surface area contributed by atoms with E-state index < -0.39 is 9.84 Å². The smallest absolute Gasteiger partial charge is 0.239 e. The highest BCUT2D eigenvalue weighted by molar-refractivity contribution is 9.10. The van der Waals surface area contributed by atoms with E-state index >= 15 is 0 Å². The van der Waals surface area contributed by atoms with E-state index in [0.717, 1.165) is 4.47 Å². The second-order valence-corrected chi connectivity index (χ2v) is 9.45. The fourth-order valence-corrected chi connectivity index (χ4v) is 3.33. The van der Waals surface area contributed by atoms with Crippen LogP contribution in [0.25, 0.3) is 0 Å². The highest BCUT2D eigenvalue weighted by Crippen LogP contribution is 2.15. The number of amides is 1. The van der Waals surface area contributed by atoms with Crippen molar-refractivity contribution in [2.24, 2.45) is 4.99 Å². The van der Waals surface area contributed by atoms with E-state index in [0.29, 0.717) is 5.96 Å². The topological polar surface area (TPSA) is 99.7 Å². The molecule has 7 nitrogen and oxygen atoms in total. The molecule has 0 aliphatic heterocycles. The first kappa shape index (κ1) is 21.4. The normalized spacial score (nSPS) is 12.6. The molecule has 0 heterocycles. The summed E-state index contributed by atoms with van der Waals surface area (Å²) in [5, 5.41) is 8.57. The lowest BCUT2D eigenvalue weighted by Gasteiger charge is -2.21. The molecule has 0 aromatic heterocycles. The summed E-state index contributed by atoms with van der Waals surface area (Å²) in [6, 6.07) is 6.50. The monoisotopic (exact) mass is 432 g/mol. The largest absolute Gasteiger partial charge is 0.355 e. The summed E-state index contributed by atoms with van der Waals surface area (Å²) >= 11 is 3.28. The first-order valence-corrected chi connectivity index (χ1v) is 10.2. The predicted octanol–water partition coefficient (Wildman–Crippen LogP) is 1.30. The van der Waals surface area contributed by atoms with Crippen molar-refractivity contribution in [3.63, 3.8) is 0 Å². The third-order valence-corrected chi connectivity index (χ3v) is 5.25. The maximum atomic E-state index is 12.3. The summed E-state index contributed by atoms with van der Waals surface area (Å²) < 4.78 is 25.3. The van der Waals surface area contributed by atoms with E-state index in [1.807, 2.05) is 20.8 Å². The molecule has 1 aromatic rings. The van der Waals surface area contributed by atoms with E-state index in [1.54, 1.807) is 31.3 Å². The van der Waals surface area contributed by atoms with E-state index in [-0.39, 0.29) is 35.2 Å². The lowest BCUT2D eigenvalue weighted by atomic mass is 10.1. The van der Waals surface area contributed by atoms with E-state index in [4.69, 9.17) is 0 Å². The SMILES string of the molecule is CN=C(NCCS(=O)(=O)c1ccc(Br)cc1)NCC(=O)NC(C)(C)C. The molecule has 0 bridgehead atoms. The van der Waals surface area contributed by atoms with Gasteiger partial charge in [-0.05, 0) is 45.0 Å². The Hall–Kier alpha value is -1.61. The molecule has 0 radical (unpaired) electrons. The number of benzene rings is 1. The van der Waals surface area contributed by atoms with Gasteiger partial charge in [0.2, 0.25) is 5.91 Å². The molecule has 0 saturated heterocycles. The molecule has 0 unspecified atom stereocenters. The zero-order valence-corrected chi connectivity index (χ0v) is 17.3. The van der Waals surface area contributed by atoms with Gasteiger partial charge in [0.1, 0.15) is 0 Å². The average molecular weight is 433 g/mol. The van der Waals surface area contributed by atoms with Crippen molar-refractivity contribution in [2.45, 2.75) is 31.2 Å². The zero-order chi connectivity index (χ0) is 19.1. The molecule has 0 aliphatic carbocycles. The standard InChI is InChI=1S/C16H25BrN4O3S/c1-16(2,3)21-14(22)11-20-15(18-4)19-9-10-25(23,24)13-7-5-12(17)6-8-13/h5-8H,9-11H2,1-4H3,(H,21,22)(H2,18,19,20). The maximum absolute atomic E-state index is 12.3. The summed E-state index contributed by atoms with van der Waals surface area (Å²) in [4.78, 5) is 16.0. The fourth-order valence-electron chi connectivity index (χ4n) is 1.91. The number of aliphatic imine (C=N–C) groups is 1. The van der Waals surface area contributed by atoms with Crippen LogP contribution in [0.5, 0.6) is 0 Å². The van der Waals surface area contributed by atoms with Crippen LogP contribution in [0.3, 0.4) is 0 Å². The molecule has 0 atom stereocenters.